The number of amides is 1. The minimum absolute atomic E-state index is 0.0133. The number of aromatic amines is 1. The van der Waals surface area contributed by atoms with Crippen LogP contribution < -0.4 is 10.9 Å². The average Bonchev–Trinajstić information content (AvgIpc) is 3.03. The van der Waals surface area contributed by atoms with E-state index in [-0.39, 0.29) is 22.5 Å². The fourth-order valence-corrected chi connectivity index (χ4v) is 4.06. The van der Waals surface area contributed by atoms with E-state index in [9.17, 15) is 14.4 Å². The fraction of sp³-hybridized carbons (Fsp3) is 0.333. The molecule has 160 valence electrons. The number of hydrogen-bond acceptors (Lipinski definition) is 5. The number of Topliss-reactive ketones (excluding diaryl/α,β-unsaturated/α-hetero) is 1. The summed E-state index contributed by atoms with van der Waals surface area (Å²) in [6, 6.07) is 8.54. The first-order chi connectivity index (χ1) is 14.7. The lowest BCUT2D eigenvalue weighted by atomic mass is 9.76. The van der Waals surface area contributed by atoms with Gasteiger partial charge in [-0.05, 0) is 30.9 Å². The van der Waals surface area contributed by atoms with Gasteiger partial charge in [0.2, 0.25) is 0 Å². The van der Waals surface area contributed by atoms with Crippen molar-refractivity contribution in [2.45, 2.75) is 47.0 Å². The van der Waals surface area contributed by atoms with E-state index < -0.39 is 5.91 Å². The second-order valence-corrected chi connectivity index (χ2v) is 8.77. The van der Waals surface area contributed by atoms with Gasteiger partial charge in [-0.25, -0.2) is 4.98 Å². The number of aryl methyl sites for hydroxylation is 1. The lowest BCUT2D eigenvalue weighted by Crippen LogP contribution is -2.26. The molecule has 0 saturated heterocycles. The highest BCUT2D eigenvalue weighted by Gasteiger charge is 2.37. The van der Waals surface area contributed by atoms with Crippen LogP contribution in [-0.4, -0.2) is 21.7 Å². The highest BCUT2D eigenvalue weighted by molar-refractivity contribution is 6.07. The number of nitrogens with zero attached hydrogens (tertiary/aromatic N) is 1. The van der Waals surface area contributed by atoms with Crippen molar-refractivity contribution in [3.63, 3.8) is 0 Å². The molecule has 0 spiro atoms. The van der Waals surface area contributed by atoms with Gasteiger partial charge in [0.05, 0.1) is 5.56 Å². The van der Waals surface area contributed by atoms with Gasteiger partial charge in [-0.3, -0.25) is 14.4 Å². The van der Waals surface area contributed by atoms with E-state index in [0.717, 1.165) is 0 Å². The summed E-state index contributed by atoms with van der Waals surface area (Å²) >= 11 is 0. The predicted molar refractivity (Wildman–Crippen MR) is 118 cm³/mol. The third kappa shape index (κ3) is 4.08. The van der Waals surface area contributed by atoms with E-state index in [1.807, 2.05) is 26.8 Å². The van der Waals surface area contributed by atoms with Gasteiger partial charge in [0.25, 0.3) is 11.5 Å². The third-order valence-corrected chi connectivity index (χ3v) is 5.53. The molecule has 2 aromatic heterocycles. The Balaban J connectivity index is 1.62. The van der Waals surface area contributed by atoms with Crippen molar-refractivity contribution in [2.75, 3.05) is 5.32 Å². The smallest absolute Gasteiger partial charge is 0.291 e. The number of furan rings is 1. The minimum Gasteiger partial charge on any atom is -0.455 e. The lowest BCUT2D eigenvalue weighted by Gasteiger charge is -2.27. The topological polar surface area (TPSA) is 105 Å². The summed E-state index contributed by atoms with van der Waals surface area (Å²) in [6.07, 6.45) is 1.70. The fourth-order valence-electron chi connectivity index (χ4n) is 4.06. The Bertz CT molecular complexity index is 1250. The van der Waals surface area contributed by atoms with Crippen molar-refractivity contribution in [1.82, 2.24) is 9.97 Å². The van der Waals surface area contributed by atoms with Crippen molar-refractivity contribution in [3.8, 4) is 11.4 Å². The number of hydrogen-bond donors (Lipinski definition) is 2. The van der Waals surface area contributed by atoms with Crippen LogP contribution in [0.5, 0.6) is 0 Å². The van der Waals surface area contributed by atoms with Gasteiger partial charge in [-0.1, -0.05) is 32.9 Å². The summed E-state index contributed by atoms with van der Waals surface area (Å²) in [7, 11) is 0. The van der Waals surface area contributed by atoms with Crippen molar-refractivity contribution >= 4 is 17.4 Å². The molecule has 0 radical (unpaired) electrons. The zero-order valence-electron chi connectivity index (χ0n) is 18.1. The van der Waals surface area contributed by atoms with Crippen LogP contribution >= 0.6 is 0 Å². The Kier molecular flexibility index (Phi) is 5.13. The van der Waals surface area contributed by atoms with Crippen molar-refractivity contribution in [2.24, 2.45) is 5.41 Å². The molecule has 1 aliphatic carbocycles. The van der Waals surface area contributed by atoms with Crippen LogP contribution in [0, 0.1) is 12.3 Å². The third-order valence-electron chi connectivity index (χ3n) is 5.53. The Morgan fingerprint density at radius 1 is 1.23 bits per heavy atom. The molecule has 31 heavy (non-hydrogen) atoms. The number of benzene rings is 1. The number of nitrogens with one attached hydrogen (secondary N) is 2. The Labute approximate surface area is 179 Å². The standard InChI is InChI=1S/C24H25N3O4/c1-5-15-10-19(29)27-22(25-15)14-7-6-8-16(9-14)26-23(30)21-13(2)20-17(28)11-24(3,4)12-18(20)31-21/h6-10H,5,11-12H2,1-4H3,(H,26,30)(H,25,27,29). The van der Waals surface area contributed by atoms with Crippen LogP contribution in [-0.2, 0) is 12.8 Å². The number of carbonyl (C=O) groups is 2. The minimum atomic E-state index is -0.418. The van der Waals surface area contributed by atoms with Gasteiger partial charge in [0.1, 0.15) is 11.6 Å². The molecule has 1 amide bonds. The van der Waals surface area contributed by atoms with Crippen LogP contribution in [0.3, 0.4) is 0 Å². The second kappa shape index (κ2) is 7.65. The Morgan fingerprint density at radius 3 is 2.74 bits per heavy atom. The van der Waals surface area contributed by atoms with Gasteiger partial charge >= 0.3 is 0 Å². The van der Waals surface area contributed by atoms with Crippen LogP contribution in [0.25, 0.3) is 11.4 Å². The number of fused-ring (bicyclic) bond motifs is 1. The molecule has 1 aliphatic rings. The predicted octanol–water partition coefficient (Wildman–Crippen LogP) is 4.31. The molecule has 0 atom stereocenters. The Hall–Kier alpha value is -3.48. The average molecular weight is 419 g/mol. The SMILES string of the molecule is CCc1cc(=O)[nH]c(-c2cccc(NC(=O)c3oc4c(c3C)C(=O)CC(C)(C)C4)c2)n1. The van der Waals surface area contributed by atoms with Gasteiger partial charge in [0, 0.05) is 41.4 Å². The number of anilines is 1. The summed E-state index contributed by atoms with van der Waals surface area (Å²) in [5.41, 5.74) is 2.61. The first-order valence-corrected chi connectivity index (χ1v) is 10.3. The summed E-state index contributed by atoms with van der Waals surface area (Å²) in [5, 5.41) is 2.83. The molecule has 0 saturated carbocycles. The van der Waals surface area contributed by atoms with Gasteiger partial charge in [-0.2, -0.15) is 0 Å². The largest absolute Gasteiger partial charge is 0.455 e. The molecule has 2 heterocycles. The zero-order chi connectivity index (χ0) is 22.3. The maximum atomic E-state index is 12.9. The Morgan fingerprint density at radius 2 is 2.00 bits per heavy atom. The van der Waals surface area contributed by atoms with Crippen LogP contribution in [0.1, 0.15) is 65.1 Å². The molecule has 7 heteroatoms. The monoisotopic (exact) mass is 419 g/mol. The summed E-state index contributed by atoms with van der Waals surface area (Å²) in [5.74, 6) is 0.771. The molecule has 3 aromatic rings. The number of H-pyrrole nitrogens is 1. The highest BCUT2D eigenvalue weighted by atomic mass is 16.4. The summed E-state index contributed by atoms with van der Waals surface area (Å²) < 4.78 is 5.85. The number of carbonyl (C=O) groups excluding carboxylic acids is 2. The molecule has 0 aliphatic heterocycles. The van der Waals surface area contributed by atoms with Crippen LogP contribution in [0.4, 0.5) is 5.69 Å². The van der Waals surface area contributed by atoms with E-state index in [1.54, 1.807) is 25.1 Å². The summed E-state index contributed by atoms with van der Waals surface area (Å²) in [4.78, 5) is 44.6. The molecule has 2 N–H and O–H groups in total. The molecule has 0 unspecified atom stereocenters. The number of aromatic nitrogens is 2. The van der Waals surface area contributed by atoms with Crippen molar-refractivity contribution < 1.29 is 14.0 Å². The first-order valence-electron chi connectivity index (χ1n) is 10.3. The lowest BCUT2D eigenvalue weighted by molar-refractivity contribution is 0.0898. The second-order valence-electron chi connectivity index (χ2n) is 8.77. The molecule has 4 rings (SSSR count). The maximum absolute atomic E-state index is 12.9. The van der Waals surface area contributed by atoms with Gasteiger partial charge in [0.15, 0.2) is 11.5 Å². The number of ketones is 1. The molecule has 1 aromatic carbocycles. The quantitative estimate of drug-likeness (QED) is 0.656. The van der Waals surface area contributed by atoms with E-state index in [1.165, 1.54) is 6.07 Å². The number of rotatable bonds is 4. The van der Waals surface area contributed by atoms with Crippen molar-refractivity contribution in [3.05, 3.63) is 69.0 Å². The van der Waals surface area contributed by atoms with E-state index >= 15 is 0 Å². The molecule has 0 fully saturated rings. The highest BCUT2D eigenvalue weighted by Crippen LogP contribution is 2.38. The van der Waals surface area contributed by atoms with Gasteiger partial charge in [-0.15, -0.1) is 0 Å². The first kappa shape index (κ1) is 20.8. The van der Waals surface area contributed by atoms with E-state index in [2.05, 4.69) is 15.3 Å². The normalized spacial score (nSPS) is 14.9. The molecule has 0 bridgehead atoms. The zero-order valence-corrected chi connectivity index (χ0v) is 18.1. The van der Waals surface area contributed by atoms with E-state index in [0.29, 0.717) is 58.9 Å². The van der Waals surface area contributed by atoms with Crippen LogP contribution in [0.15, 0.2) is 39.5 Å². The van der Waals surface area contributed by atoms with E-state index in [4.69, 9.17) is 4.42 Å². The molecular weight excluding hydrogens is 394 g/mol. The van der Waals surface area contributed by atoms with Gasteiger partial charge < -0.3 is 14.7 Å². The van der Waals surface area contributed by atoms with Crippen LogP contribution in [0.2, 0.25) is 0 Å². The molecule has 7 nitrogen and oxygen atoms in total. The van der Waals surface area contributed by atoms with Crippen molar-refractivity contribution in [1.29, 1.82) is 0 Å². The summed E-state index contributed by atoms with van der Waals surface area (Å²) in [6.45, 7) is 7.71. The molecular formula is C24H25N3O4. The maximum Gasteiger partial charge on any atom is 0.291 e.